The summed E-state index contributed by atoms with van der Waals surface area (Å²) in [6.45, 7) is 0.650. The lowest BCUT2D eigenvalue weighted by Crippen LogP contribution is -2.35. The number of rotatable bonds is 4. The van der Waals surface area contributed by atoms with Gasteiger partial charge in [-0.2, -0.15) is 0 Å². The number of aryl methyl sites for hydroxylation is 1. The summed E-state index contributed by atoms with van der Waals surface area (Å²) in [6, 6.07) is 21.2. The molecule has 31 heavy (non-hydrogen) atoms. The van der Waals surface area contributed by atoms with Gasteiger partial charge in [-0.3, -0.25) is 9.59 Å². The van der Waals surface area contributed by atoms with Gasteiger partial charge in [-0.25, -0.2) is 4.39 Å². The standard InChI is InChI=1S/C26H23FN2O2/c27-21-11-9-20(10-12-21)26(14-15-26)25(31)28-22-13-8-18-7-4-16-29(23(18)17-22)24(30)19-5-2-1-3-6-19/h1-3,5-6,8-13,17H,4,7,14-16H2,(H,28,31). The minimum atomic E-state index is -0.594. The van der Waals surface area contributed by atoms with Crippen molar-refractivity contribution in [3.05, 3.63) is 95.3 Å². The number of hydrogen-bond acceptors (Lipinski definition) is 2. The molecule has 0 saturated heterocycles. The predicted octanol–water partition coefficient (Wildman–Crippen LogP) is 5.09. The van der Waals surface area contributed by atoms with Crippen LogP contribution in [0.2, 0.25) is 0 Å². The van der Waals surface area contributed by atoms with Crippen molar-refractivity contribution in [2.24, 2.45) is 0 Å². The molecule has 1 fully saturated rings. The first kappa shape index (κ1) is 19.5. The molecule has 0 bridgehead atoms. The maximum Gasteiger partial charge on any atom is 0.258 e. The zero-order valence-corrected chi connectivity index (χ0v) is 17.1. The molecule has 3 aromatic rings. The average molecular weight is 414 g/mol. The maximum absolute atomic E-state index is 13.3. The van der Waals surface area contributed by atoms with Gasteiger partial charge in [-0.05, 0) is 73.2 Å². The molecule has 1 saturated carbocycles. The van der Waals surface area contributed by atoms with Crippen molar-refractivity contribution in [2.45, 2.75) is 31.1 Å². The highest BCUT2D eigenvalue weighted by molar-refractivity contribution is 6.07. The van der Waals surface area contributed by atoms with Crippen LogP contribution in [0.3, 0.4) is 0 Å². The van der Waals surface area contributed by atoms with E-state index in [1.165, 1.54) is 12.1 Å². The maximum atomic E-state index is 13.3. The highest BCUT2D eigenvalue weighted by Crippen LogP contribution is 2.49. The third-order valence-corrected chi connectivity index (χ3v) is 6.31. The number of carbonyl (C=O) groups is 2. The Hall–Kier alpha value is -3.47. The molecule has 1 aliphatic heterocycles. The molecule has 1 heterocycles. The summed E-state index contributed by atoms with van der Waals surface area (Å²) < 4.78 is 13.3. The molecular formula is C26H23FN2O2. The summed E-state index contributed by atoms with van der Waals surface area (Å²) >= 11 is 0. The van der Waals surface area contributed by atoms with Crippen LogP contribution in [-0.2, 0) is 16.6 Å². The second-order valence-electron chi connectivity index (χ2n) is 8.31. The van der Waals surface area contributed by atoms with E-state index in [-0.39, 0.29) is 17.6 Å². The average Bonchev–Trinajstić information content (AvgIpc) is 3.61. The Labute approximate surface area is 180 Å². The van der Waals surface area contributed by atoms with Gasteiger partial charge >= 0.3 is 0 Å². The lowest BCUT2D eigenvalue weighted by Gasteiger charge is -2.30. The van der Waals surface area contributed by atoms with E-state index in [4.69, 9.17) is 0 Å². The molecule has 156 valence electrons. The van der Waals surface area contributed by atoms with Gasteiger partial charge in [-0.1, -0.05) is 36.4 Å². The fourth-order valence-corrected chi connectivity index (χ4v) is 4.39. The van der Waals surface area contributed by atoms with Crippen LogP contribution in [0.4, 0.5) is 15.8 Å². The molecule has 0 spiro atoms. The number of nitrogens with zero attached hydrogens (tertiary/aromatic N) is 1. The number of halogens is 1. The first-order valence-corrected chi connectivity index (χ1v) is 10.6. The lowest BCUT2D eigenvalue weighted by atomic mass is 9.94. The monoisotopic (exact) mass is 414 g/mol. The first-order valence-electron chi connectivity index (χ1n) is 10.6. The largest absolute Gasteiger partial charge is 0.325 e. The molecule has 1 N–H and O–H groups in total. The van der Waals surface area contributed by atoms with Crippen molar-refractivity contribution >= 4 is 23.2 Å². The summed E-state index contributed by atoms with van der Waals surface area (Å²) in [6.07, 6.45) is 3.30. The third-order valence-electron chi connectivity index (χ3n) is 6.31. The van der Waals surface area contributed by atoms with Crippen LogP contribution in [0.25, 0.3) is 0 Å². The molecule has 2 amide bonds. The fourth-order valence-electron chi connectivity index (χ4n) is 4.39. The summed E-state index contributed by atoms with van der Waals surface area (Å²) in [4.78, 5) is 28.0. The summed E-state index contributed by atoms with van der Waals surface area (Å²) in [5.74, 6) is -0.427. The lowest BCUT2D eigenvalue weighted by molar-refractivity contribution is -0.118. The Morgan fingerprint density at radius 2 is 1.68 bits per heavy atom. The highest BCUT2D eigenvalue weighted by atomic mass is 19.1. The summed E-state index contributed by atoms with van der Waals surface area (Å²) in [5.41, 5.74) is 3.52. The van der Waals surface area contributed by atoms with Crippen LogP contribution in [0.1, 0.15) is 40.7 Å². The molecule has 2 aliphatic rings. The molecule has 0 aromatic heterocycles. The van der Waals surface area contributed by atoms with Gasteiger partial charge in [-0.15, -0.1) is 0 Å². The number of nitrogens with one attached hydrogen (secondary N) is 1. The van der Waals surface area contributed by atoms with Crippen molar-refractivity contribution in [3.8, 4) is 0 Å². The van der Waals surface area contributed by atoms with Crippen molar-refractivity contribution in [3.63, 3.8) is 0 Å². The third kappa shape index (κ3) is 3.61. The van der Waals surface area contributed by atoms with Gasteiger partial charge in [0.2, 0.25) is 5.91 Å². The van der Waals surface area contributed by atoms with E-state index < -0.39 is 5.41 Å². The first-order chi connectivity index (χ1) is 15.1. The second-order valence-corrected chi connectivity index (χ2v) is 8.31. The van der Waals surface area contributed by atoms with Crippen LogP contribution in [0.5, 0.6) is 0 Å². The van der Waals surface area contributed by atoms with Gasteiger partial charge in [0.1, 0.15) is 5.82 Å². The molecule has 0 unspecified atom stereocenters. The van der Waals surface area contributed by atoms with Gasteiger partial charge in [0.25, 0.3) is 5.91 Å². The van der Waals surface area contributed by atoms with Crippen LogP contribution >= 0.6 is 0 Å². The van der Waals surface area contributed by atoms with Gasteiger partial charge in [0.05, 0.1) is 5.41 Å². The van der Waals surface area contributed by atoms with Crippen LogP contribution in [-0.4, -0.2) is 18.4 Å². The van der Waals surface area contributed by atoms with Crippen LogP contribution in [0.15, 0.2) is 72.8 Å². The van der Waals surface area contributed by atoms with E-state index in [0.29, 0.717) is 17.8 Å². The molecular weight excluding hydrogens is 391 g/mol. The van der Waals surface area contributed by atoms with Gasteiger partial charge in [0, 0.05) is 23.5 Å². The molecule has 4 nitrogen and oxygen atoms in total. The minimum Gasteiger partial charge on any atom is -0.325 e. The SMILES string of the molecule is O=C(c1ccccc1)N1CCCc2ccc(NC(=O)C3(c4ccc(F)cc4)CC3)cc21. The zero-order valence-electron chi connectivity index (χ0n) is 17.1. The Balaban J connectivity index is 1.40. The molecule has 1 aliphatic carbocycles. The van der Waals surface area contributed by atoms with E-state index >= 15 is 0 Å². The molecule has 0 atom stereocenters. The quantitative estimate of drug-likeness (QED) is 0.647. The van der Waals surface area contributed by atoms with Crippen molar-refractivity contribution in [2.75, 3.05) is 16.8 Å². The van der Waals surface area contributed by atoms with Gasteiger partial charge < -0.3 is 10.2 Å². The summed E-state index contributed by atoms with van der Waals surface area (Å²) in [5, 5.41) is 3.04. The number of anilines is 2. The smallest absolute Gasteiger partial charge is 0.258 e. The number of carbonyl (C=O) groups excluding carboxylic acids is 2. The molecule has 0 radical (unpaired) electrons. The molecule has 3 aromatic carbocycles. The topological polar surface area (TPSA) is 49.4 Å². The predicted molar refractivity (Wildman–Crippen MR) is 119 cm³/mol. The number of fused-ring (bicyclic) bond motifs is 1. The van der Waals surface area contributed by atoms with Crippen molar-refractivity contribution in [1.82, 2.24) is 0 Å². The van der Waals surface area contributed by atoms with Crippen LogP contribution < -0.4 is 10.2 Å². The van der Waals surface area contributed by atoms with E-state index in [9.17, 15) is 14.0 Å². The number of benzene rings is 3. The van der Waals surface area contributed by atoms with Crippen molar-refractivity contribution in [1.29, 1.82) is 0 Å². The normalized spacial score (nSPS) is 16.4. The fraction of sp³-hybridized carbons (Fsp3) is 0.231. The Morgan fingerprint density at radius 1 is 0.935 bits per heavy atom. The van der Waals surface area contributed by atoms with E-state index in [0.717, 1.165) is 42.5 Å². The Morgan fingerprint density at radius 3 is 2.39 bits per heavy atom. The molecule has 5 rings (SSSR count). The number of hydrogen-bond donors (Lipinski definition) is 1. The second kappa shape index (κ2) is 7.65. The van der Waals surface area contributed by atoms with Gasteiger partial charge in [0.15, 0.2) is 0 Å². The van der Waals surface area contributed by atoms with E-state index in [1.807, 2.05) is 48.5 Å². The van der Waals surface area contributed by atoms with Crippen molar-refractivity contribution < 1.29 is 14.0 Å². The summed E-state index contributed by atoms with van der Waals surface area (Å²) in [7, 11) is 0. The molecule has 5 heteroatoms. The van der Waals surface area contributed by atoms with E-state index in [2.05, 4.69) is 5.32 Å². The Kier molecular flexibility index (Phi) is 4.81. The van der Waals surface area contributed by atoms with Crippen LogP contribution in [0, 0.1) is 5.82 Å². The van der Waals surface area contributed by atoms with E-state index in [1.54, 1.807) is 17.0 Å². The minimum absolute atomic E-state index is 0.0324. The highest BCUT2D eigenvalue weighted by Gasteiger charge is 2.51. The number of amides is 2. The zero-order chi connectivity index (χ0) is 21.4. The Bertz CT molecular complexity index is 1140.